The summed E-state index contributed by atoms with van der Waals surface area (Å²) in [5.74, 6) is -0.392. The van der Waals surface area contributed by atoms with E-state index in [2.05, 4.69) is 10.3 Å². The number of nitrogens with one attached hydrogen (secondary N) is 1. The Morgan fingerprint density at radius 3 is 2.92 bits per heavy atom. The molecule has 1 aliphatic rings. The van der Waals surface area contributed by atoms with Gasteiger partial charge in [0.25, 0.3) is 11.5 Å². The van der Waals surface area contributed by atoms with E-state index in [1.54, 1.807) is 15.7 Å². The van der Waals surface area contributed by atoms with Gasteiger partial charge in [-0.1, -0.05) is 25.1 Å². The summed E-state index contributed by atoms with van der Waals surface area (Å²) in [4.78, 5) is 32.1. The number of aromatic nitrogens is 2. The highest BCUT2D eigenvalue weighted by molar-refractivity contribution is 7.17. The summed E-state index contributed by atoms with van der Waals surface area (Å²) < 4.78 is 1.65. The van der Waals surface area contributed by atoms with E-state index >= 15 is 0 Å². The first-order valence-corrected chi connectivity index (χ1v) is 9.84. The second kappa shape index (κ2) is 6.68. The van der Waals surface area contributed by atoms with Crippen LogP contribution in [0.5, 0.6) is 0 Å². The van der Waals surface area contributed by atoms with Crippen LogP contribution in [-0.4, -0.2) is 15.3 Å². The first-order valence-electron chi connectivity index (χ1n) is 9.02. The number of thiazole rings is 1. The minimum atomic E-state index is -0.392. The molecule has 1 aliphatic carbocycles. The predicted octanol–water partition coefficient (Wildman–Crippen LogP) is 3.76. The van der Waals surface area contributed by atoms with Gasteiger partial charge in [-0.3, -0.25) is 14.0 Å². The molecule has 2 heterocycles. The second-order valence-electron chi connectivity index (χ2n) is 6.69. The Hall–Kier alpha value is -2.47. The number of fused-ring (bicyclic) bond motifs is 3. The zero-order chi connectivity index (χ0) is 18.3. The average molecular weight is 367 g/mol. The minimum absolute atomic E-state index is 0.0963. The highest BCUT2D eigenvalue weighted by Crippen LogP contribution is 2.28. The van der Waals surface area contributed by atoms with Gasteiger partial charge in [-0.25, -0.2) is 4.98 Å². The van der Waals surface area contributed by atoms with Crippen molar-refractivity contribution in [1.29, 1.82) is 0 Å². The van der Waals surface area contributed by atoms with E-state index in [4.69, 9.17) is 0 Å². The smallest absolute Gasteiger partial charge is 0.271 e. The minimum Gasteiger partial charge on any atom is -0.321 e. The van der Waals surface area contributed by atoms with E-state index in [9.17, 15) is 9.59 Å². The summed E-state index contributed by atoms with van der Waals surface area (Å²) >= 11 is 1.57. The highest BCUT2D eigenvalue weighted by atomic mass is 32.1. The standard InChI is InChI=1S/C20H21N3O2S/c1-3-13-8-6-7-12(2)17(13)22-18(24)14-11-21-20-23(19(14)25)15-9-4-5-10-16(15)26-20/h6-8,11H,3-5,9-10H2,1-2H3,(H,22,24). The molecule has 0 atom stereocenters. The van der Waals surface area contributed by atoms with E-state index in [-0.39, 0.29) is 11.1 Å². The van der Waals surface area contributed by atoms with Crippen molar-refractivity contribution in [2.75, 3.05) is 5.32 Å². The van der Waals surface area contributed by atoms with E-state index < -0.39 is 5.91 Å². The van der Waals surface area contributed by atoms with Gasteiger partial charge in [0.2, 0.25) is 0 Å². The molecule has 4 rings (SSSR count). The lowest BCUT2D eigenvalue weighted by molar-refractivity contribution is 0.102. The maximum atomic E-state index is 13.0. The number of benzene rings is 1. The largest absolute Gasteiger partial charge is 0.321 e. The molecular formula is C20H21N3O2S. The molecule has 0 fully saturated rings. The fourth-order valence-electron chi connectivity index (χ4n) is 3.61. The molecule has 6 heteroatoms. The molecule has 2 aromatic heterocycles. The van der Waals surface area contributed by atoms with Crippen molar-refractivity contribution in [3.63, 3.8) is 0 Å². The number of nitrogens with zero attached hydrogens (tertiary/aromatic N) is 2. The number of anilines is 1. The Kier molecular flexibility index (Phi) is 4.36. The van der Waals surface area contributed by atoms with Crippen LogP contribution in [0.1, 0.15) is 51.8 Å². The summed E-state index contributed by atoms with van der Waals surface area (Å²) in [5, 5.41) is 2.93. The van der Waals surface area contributed by atoms with Crippen LogP contribution in [0, 0.1) is 6.92 Å². The molecule has 0 aliphatic heterocycles. The first-order chi connectivity index (χ1) is 12.6. The Morgan fingerprint density at radius 2 is 2.12 bits per heavy atom. The molecular weight excluding hydrogens is 346 g/mol. The molecule has 26 heavy (non-hydrogen) atoms. The number of carbonyl (C=O) groups excluding carboxylic acids is 1. The lowest BCUT2D eigenvalue weighted by atomic mass is 10.0. The zero-order valence-corrected chi connectivity index (χ0v) is 15.8. The van der Waals surface area contributed by atoms with Crippen molar-refractivity contribution < 1.29 is 4.79 Å². The fourth-order valence-corrected chi connectivity index (χ4v) is 4.77. The quantitative estimate of drug-likeness (QED) is 0.767. The molecule has 0 bridgehead atoms. The van der Waals surface area contributed by atoms with Gasteiger partial charge in [-0.15, -0.1) is 11.3 Å². The van der Waals surface area contributed by atoms with Gasteiger partial charge in [0.15, 0.2) is 4.96 Å². The van der Waals surface area contributed by atoms with Crippen LogP contribution in [0.25, 0.3) is 4.96 Å². The molecule has 134 valence electrons. The third-order valence-electron chi connectivity index (χ3n) is 5.03. The predicted molar refractivity (Wildman–Crippen MR) is 104 cm³/mol. The summed E-state index contributed by atoms with van der Waals surface area (Å²) in [5.41, 5.74) is 3.70. The molecule has 0 spiro atoms. The first kappa shape index (κ1) is 17.0. The van der Waals surface area contributed by atoms with Gasteiger partial charge >= 0.3 is 0 Å². The van der Waals surface area contributed by atoms with Crippen LogP contribution in [-0.2, 0) is 19.3 Å². The van der Waals surface area contributed by atoms with Gasteiger partial charge in [0.1, 0.15) is 5.56 Å². The number of hydrogen-bond donors (Lipinski definition) is 1. The van der Waals surface area contributed by atoms with Crippen LogP contribution in [0.15, 0.2) is 29.2 Å². The monoisotopic (exact) mass is 367 g/mol. The van der Waals surface area contributed by atoms with Gasteiger partial charge in [-0.2, -0.15) is 0 Å². The van der Waals surface area contributed by atoms with E-state index in [0.29, 0.717) is 4.96 Å². The maximum Gasteiger partial charge on any atom is 0.271 e. The average Bonchev–Trinajstić information content (AvgIpc) is 3.03. The second-order valence-corrected chi connectivity index (χ2v) is 7.75. The van der Waals surface area contributed by atoms with Crippen molar-refractivity contribution in [2.24, 2.45) is 0 Å². The Bertz CT molecular complexity index is 1060. The van der Waals surface area contributed by atoms with E-state index in [1.807, 2.05) is 32.0 Å². The summed E-state index contributed by atoms with van der Waals surface area (Å²) in [6.07, 6.45) is 6.32. The Balaban J connectivity index is 1.77. The van der Waals surface area contributed by atoms with Crippen LogP contribution < -0.4 is 10.9 Å². The SMILES string of the molecule is CCc1cccc(C)c1NC(=O)c1cnc2sc3c(n2c1=O)CCCC3. The third kappa shape index (κ3) is 2.74. The van der Waals surface area contributed by atoms with E-state index in [1.165, 1.54) is 11.1 Å². The summed E-state index contributed by atoms with van der Waals surface area (Å²) in [6.45, 7) is 4.00. The number of rotatable bonds is 3. The Morgan fingerprint density at radius 1 is 1.31 bits per heavy atom. The molecule has 0 radical (unpaired) electrons. The number of para-hydroxylation sites is 1. The fraction of sp³-hybridized carbons (Fsp3) is 0.350. The van der Waals surface area contributed by atoms with Crippen LogP contribution >= 0.6 is 11.3 Å². The van der Waals surface area contributed by atoms with Crippen LogP contribution in [0.3, 0.4) is 0 Å². The van der Waals surface area contributed by atoms with E-state index in [0.717, 1.165) is 54.6 Å². The topological polar surface area (TPSA) is 63.5 Å². The normalized spacial score (nSPS) is 13.6. The van der Waals surface area contributed by atoms with Crippen molar-refractivity contribution in [1.82, 2.24) is 9.38 Å². The molecule has 0 saturated heterocycles. The number of amides is 1. The lowest BCUT2D eigenvalue weighted by Crippen LogP contribution is -2.28. The highest BCUT2D eigenvalue weighted by Gasteiger charge is 2.22. The molecule has 0 unspecified atom stereocenters. The third-order valence-corrected chi connectivity index (χ3v) is 6.18. The number of carbonyl (C=O) groups is 1. The van der Waals surface area contributed by atoms with Crippen molar-refractivity contribution in [2.45, 2.75) is 46.0 Å². The summed E-state index contributed by atoms with van der Waals surface area (Å²) in [6, 6.07) is 5.93. The molecule has 5 nitrogen and oxygen atoms in total. The van der Waals surface area contributed by atoms with Crippen molar-refractivity contribution in [3.05, 3.63) is 62.0 Å². The van der Waals surface area contributed by atoms with Gasteiger partial charge in [-0.05, 0) is 50.2 Å². The van der Waals surface area contributed by atoms with Crippen molar-refractivity contribution in [3.8, 4) is 0 Å². The summed E-state index contributed by atoms with van der Waals surface area (Å²) in [7, 11) is 0. The number of hydrogen-bond acceptors (Lipinski definition) is 4. The van der Waals surface area contributed by atoms with Crippen LogP contribution in [0.4, 0.5) is 5.69 Å². The maximum absolute atomic E-state index is 13.0. The van der Waals surface area contributed by atoms with Gasteiger partial charge in [0.05, 0.1) is 0 Å². The Labute approximate surface area is 155 Å². The molecule has 3 aromatic rings. The van der Waals surface area contributed by atoms with Crippen molar-refractivity contribution >= 4 is 27.9 Å². The lowest BCUT2D eigenvalue weighted by Gasteiger charge is -2.13. The molecule has 1 amide bonds. The van der Waals surface area contributed by atoms with Gasteiger partial charge < -0.3 is 5.32 Å². The van der Waals surface area contributed by atoms with Gasteiger partial charge in [0, 0.05) is 22.5 Å². The van der Waals surface area contributed by atoms with Crippen LogP contribution in [0.2, 0.25) is 0 Å². The zero-order valence-electron chi connectivity index (χ0n) is 15.0. The molecule has 1 aromatic carbocycles. The number of aryl methyl sites for hydroxylation is 4. The molecule has 1 N–H and O–H groups in total. The molecule has 0 saturated carbocycles.